The predicted octanol–water partition coefficient (Wildman–Crippen LogP) is 3.29. The Morgan fingerprint density at radius 2 is 1.90 bits per heavy atom. The Morgan fingerprint density at radius 3 is 2.61 bits per heavy atom. The minimum Gasteiger partial charge on any atom is -0.494 e. The summed E-state index contributed by atoms with van der Waals surface area (Å²) in [6, 6.07) is 14.0. The van der Waals surface area contributed by atoms with E-state index in [9.17, 15) is 14.4 Å². The van der Waals surface area contributed by atoms with Gasteiger partial charge in [0.1, 0.15) is 11.8 Å². The third-order valence-corrected chi connectivity index (χ3v) is 5.61. The normalized spacial score (nSPS) is 16.2. The van der Waals surface area contributed by atoms with Crippen LogP contribution in [0, 0.1) is 0 Å². The number of hydrogen-bond acceptors (Lipinski definition) is 4. The van der Waals surface area contributed by atoms with E-state index in [1.807, 2.05) is 37.4 Å². The summed E-state index contributed by atoms with van der Waals surface area (Å²) in [5.74, 6) is -0.230. The molecule has 1 saturated heterocycles. The Labute approximate surface area is 180 Å². The lowest BCUT2D eigenvalue weighted by Crippen LogP contribution is -2.45. The molecule has 7 nitrogen and oxygen atoms in total. The molecule has 160 valence electrons. The van der Waals surface area contributed by atoms with Crippen LogP contribution in [0.5, 0.6) is 5.75 Å². The first kappa shape index (κ1) is 20.7. The molecule has 4 rings (SSSR count). The summed E-state index contributed by atoms with van der Waals surface area (Å²) in [7, 11) is 0. The van der Waals surface area contributed by atoms with E-state index in [1.54, 1.807) is 24.3 Å². The van der Waals surface area contributed by atoms with Gasteiger partial charge in [0.05, 0.1) is 18.7 Å². The second-order valence-electron chi connectivity index (χ2n) is 7.54. The summed E-state index contributed by atoms with van der Waals surface area (Å²) < 4.78 is 5.42. The number of carbonyl (C=O) groups is 3. The molecule has 31 heavy (non-hydrogen) atoms. The Balaban J connectivity index is 1.51. The van der Waals surface area contributed by atoms with Gasteiger partial charge in [0.25, 0.3) is 5.91 Å². The van der Waals surface area contributed by atoms with Gasteiger partial charge in [-0.15, -0.1) is 0 Å². The standard InChI is InChI=1S/C24H25N3O4/c1-3-31-19-10-8-18(9-11-19)27-23(29)14-22(24(27)30)26(16(2)28)13-12-17-15-25-21-7-5-4-6-20(17)21/h4-11,15,22,25H,3,12-14H2,1-2H3. The number of hydrogen-bond donors (Lipinski definition) is 1. The van der Waals surface area contributed by atoms with E-state index in [4.69, 9.17) is 4.74 Å². The number of aromatic amines is 1. The maximum Gasteiger partial charge on any atom is 0.257 e. The van der Waals surface area contributed by atoms with Crippen LogP contribution in [-0.2, 0) is 20.8 Å². The summed E-state index contributed by atoms with van der Waals surface area (Å²) in [5.41, 5.74) is 2.59. The number of carbonyl (C=O) groups excluding carboxylic acids is 3. The lowest BCUT2D eigenvalue weighted by molar-refractivity contribution is -0.136. The summed E-state index contributed by atoms with van der Waals surface area (Å²) in [6.07, 6.45) is 2.50. The predicted molar refractivity (Wildman–Crippen MR) is 118 cm³/mol. The quantitative estimate of drug-likeness (QED) is 0.596. The molecule has 1 N–H and O–H groups in total. The van der Waals surface area contributed by atoms with Crippen molar-refractivity contribution in [2.45, 2.75) is 32.7 Å². The molecule has 2 aromatic carbocycles. The number of nitrogens with one attached hydrogen (secondary N) is 1. The van der Waals surface area contributed by atoms with E-state index >= 15 is 0 Å². The van der Waals surface area contributed by atoms with E-state index < -0.39 is 6.04 Å². The number of amides is 3. The number of fused-ring (bicyclic) bond motifs is 1. The van der Waals surface area contributed by atoms with Crippen molar-refractivity contribution in [3.63, 3.8) is 0 Å². The monoisotopic (exact) mass is 419 g/mol. The first-order chi connectivity index (χ1) is 15.0. The molecule has 1 fully saturated rings. The lowest BCUT2D eigenvalue weighted by Gasteiger charge is -2.26. The molecule has 0 spiro atoms. The molecule has 3 aromatic rings. The molecule has 1 aliphatic heterocycles. The zero-order valence-electron chi connectivity index (χ0n) is 17.6. The van der Waals surface area contributed by atoms with Gasteiger partial charge in [-0.25, -0.2) is 4.90 Å². The lowest BCUT2D eigenvalue weighted by atomic mass is 10.1. The van der Waals surface area contributed by atoms with Crippen molar-refractivity contribution in [2.24, 2.45) is 0 Å². The van der Waals surface area contributed by atoms with Crippen molar-refractivity contribution in [1.82, 2.24) is 9.88 Å². The Bertz CT molecular complexity index is 1120. The number of rotatable bonds is 7. The molecule has 0 radical (unpaired) electrons. The fourth-order valence-electron chi connectivity index (χ4n) is 4.10. The van der Waals surface area contributed by atoms with Crippen LogP contribution in [0.2, 0.25) is 0 Å². The van der Waals surface area contributed by atoms with Crippen LogP contribution in [0.25, 0.3) is 10.9 Å². The first-order valence-electron chi connectivity index (χ1n) is 10.4. The Morgan fingerprint density at radius 1 is 1.16 bits per heavy atom. The van der Waals surface area contributed by atoms with Gasteiger partial charge in [-0.1, -0.05) is 18.2 Å². The van der Waals surface area contributed by atoms with Crippen LogP contribution in [0.1, 0.15) is 25.8 Å². The molecular formula is C24H25N3O4. The van der Waals surface area contributed by atoms with Crippen molar-refractivity contribution in [2.75, 3.05) is 18.1 Å². The second-order valence-corrected chi connectivity index (χ2v) is 7.54. The van der Waals surface area contributed by atoms with Gasteiger partial charge in [-0.05, 0) is 49.2 Å². The molecule has 1 unspecified atom stereocenters. The largest absolute Gasteiger partial charge is 0.494 e. The smallest absolute Gasteiger partial charge is 0.257 e. The van der Waals surface area contributed by atoms with Crippen molar-refractivity contribution >= 4 is 34.3 Å². The van der Waals surface area contributed by atoms with Gasteiger partial charge in [-0.2, -0.15) is 0 Å². The van der Waals surface area contributed by atoms with E-state index in [2.05, 4.69) is 4.98 Å². The molecular weight excluding hydrogens is 394 g/mol. The van der Waals surface area contributed by atoms with E-state index in [1.165, 1.54) is 16.7 Å². The summed E-state index contributed by atoms with van der Waals surface area (Å²) >= 11 is 0. The minimum atomic E-state index is -0.790. The highest BCUT2D eigenvalue weighted by Crippen LogP contribution is 2.28. The fraction of sp³-hybridized carbons (Fsp3) is 0.292. The van der Waals surface area contributed by atoms with Crippen molar-refractivity contribution < 1.29 is 19.1 Å². The van der Waals surface area contributed by atoms with Gasteiger partial charge >= 0.3 is 0 Å². The van der Waals surface area contributed by atoms with Gasteiger partial charge < -0.3 is 14.6 Å². The number of benzene rings is 2. The zero-order chi connectivity index (χ0) is 22.0. The van der Waals surface area contributed by atoms with Crippen LogP contribution in [0.15, 0.2) is 54.7 Å². The molecule has 0 bridgehead atoms. The minimum absolute atomic E-state index is 0.0144. The topological polar surface area (TPSA) is 82.7 Å². The third-order valence-electron chi connectivity index (χ3n) is 5.61. The number of nitrogens with zero attached hydrogens (tertiary/aromatic N) is 2. The second kappa shape index (κ2) is 8.63. The highest BCUT2D eigenvalue weighted by Gasteiger charge is 2.43. The highest BCUT2D eigenvalue weighted by atomic mass is 16.5. The zero-order valence-corrected chi connectivity index (χ0v) is 17.6. The van der Waals surface area contributed by atoms with Crippen molar-refractivity contribution in [3.8, 4) is 5.75 Å². The van der Waals surface area contributed by atoms with Crippen LogP contribution in [-0.4, -0.2) is 46.8 Å². The summed E-state index contributed by atoms with van der Waals surface area (Å²) in [4.78, 5) is 44.1. The molecule has 0 aliphatic carbocycles. The van der Waals surface area contributed by atoms with Gasteiger partial charge in [0, 0.05) is 30.6 Å². The Kier molecular flexibility index (Phi) is 5.75. The van der Waals surface area contributed by atoms with Crippen LogP contribution >= 0.6 is 0 Å². The molecule has 1 aliphatic rings. The first-order valence-corrected chi connectivity index (χ1v) is 10.4. The summed E-state index contributed by atoms with van der Waals surface area (Å²) in [5, 5.41) is 1.09. The summed E-state index contributed by atoms with van der Waals surface area (Å²) in [6.45, 7) is 4.22. The van der Waals surface area contributed by atoms with Crippen LogP contribution in [0.4, 0.5) is 5.69 Å². The molecule has 2 heterocycles. The van der Waals surface area contributed by atoms with E-state index in [0.29, 0.717) is 31.0 Å². The van der Waals surface area contributed by atoms with Crippen molar-refractivity contribution in [3.05, 3.63) is 60.3 Å². The van der Waals surface area contributed by atoms with Crippen molar-refractivity contribution in [1.29, 1.82) is 0 Å². The average molecular weight is 419 g/mol. The van der Waals surface area contributed by atoms with Gasteiger partial charge in [-0.3, -0.25) is 14.4 Å². The van der Waals surface area contributed by atoms with Gasteiger partial charge in [0.2, 0.25) is 11.8 Å². The number of imide groups is 1. The number of H-pyrrole nitrogens is 1. The maximum atomic E-state index is 13.1. The number of para-hydroxylation sites is 1. The van der Waals surface area contributed by atoms with Gasteiger partial charge in [0.15, 0.2) is 0 Å². The fourth-order valence-corrected chi connectivity index (χ4v) is 4.10. The third kappa shape index (κ3) is 4.03. The average Bonchev–Trinajstić information content (AvgIpc) is 3.30. The maximum absolute atomic E-state index is 13.1. The molecule has 0 saturated carbocycles. The molecule has 7 heteroatoms. The van der Waals surface area contributed by atoms with E-state index in [0.717, 1.165) is 16.5 Å². The molecule has 1 atom stereocenters. The number of ether oxygens (including phenoxy) is 1. The molecule has 1 aromatic heterocycles. The number of aromatic nitrogens is 1. The van der Waals surface area contributed by atoms with Crippen LogP contribution < -0.4 is 9.64 Å². The SMILES string of the molecule is CCOc1ccc(N2C(=O)CC(N(CCc3c[nH]c4ccccc34)C(C)=O)C2=O)cc1. The number of anilines is 1. The van der Waals surface area contributed by atoms with E-state index in [-0.39, 0.29) is 24.1 Å². The Hall–Kier alpha value is -3.61. The molecule has 3 amide bonds. The van der Waals surface area contributed by atoms with Crippen LogP contribution in [0.3, 0.4) is 0 Å². The highest BCUT2D eigenvalue weighted by molar-refractivity contribution is 6.23.